The van der Waals surface area contributed by atoms with Gasteiger partial charge in [-0.05, 0) is 6.92 Å². The van der Waals surface area contributed by atoms with Crippen molar-refractivity contribution in [2.45, 2.75) is 19.4 Å². The Bertz CT molecular complexity index is 253. The molecule has 0 aliphatic rings. The highest BCUT2D eigenvalue weighted by atomic mass is 16.5. The van der Waals surface area contributed by atoms with Crippen molar-refractivity contribution < 1.29 is 24.2 Å². The van der Waals surface area contributed by atoms with Crippen LogP contribution in [0.2, 0.25) is 0 Å². The van der Waals surface area contributed by atoms with Crippen molar-refractivity contribution in [2.75, 3.05) is 13.7 Å². The molecule has 7 heteroatoms. The van der Waals surface area contributed by atoms with Gasteiger partial charge in [-0.15, -0.1) is 0 Å². The average Bonchev–Trinajstić information content (AvgIpc) is 2.17. The van der Waals surface area contributed by atoms with E-state index in [9.17, 15) is 14.4 Å². The van der Waals surface area contributed by atoms with Crippen LogP contribution in [0.3, 0.4) is 0 Å². The number of urea groups is 1. The maximum absolute atomic E-state index is 11.0. The first-order valence-electron chi connectivity index (χ1n) is 4.33. The van der Waals surface area contributed by atoms with Crippen LogP contribution in [0.15, 0.2) is 0 Å². The number of imide groups is 1. The van der Waals surface area contributed by atoms with Crippen LogP contribution >= 0.6 is 0 Å². The van der Waals surface area contributed by atoms with E-state index in [1.165, 1.54) is 14.0 Å². The van der Waals surface area contributed by atoms with Crippen LogP contribution in [0, 0.1) is 0 Å². The number of carbonyl (C=O) groups excluding carboxylic acids is 2. The van der Waals surface area contributed by atoms with E-state index in [1.54, 1.807) is 0 Å². The molecule has 3 N–H and O–H groups in total. The quantitative estimate of drug-likeness (QED) is 0.567. The van der Waals surface area contributed by atoms with E-state index in [2.05, 4.69) is 5.32 Å². The monoisotopic (exact) mass is 218 g/mol. The fourth-order valence-corrected chi connectivity index (χ4v) is 0.651. The fourth-order valence-electron chi connectivity index (χ4n) is 0.651. The Hall–Kier alpha value is -1.63. The molecule has 7 nitrogen and oxygen atoms in total. The van der Waals surface area contributed by atoms with Crippen LogP contribution in [-0.4, -0.2) is 42.8 Å². The molecule has 0 aromatic rings. The summed E-state index contributed by atoms with van der Waals surface area (Å²) in [7, 11) is 1.38. The van der Waals surface area contributed by atoms with Crippen molar-refractivity contribution in [1.29, 1.82) is 0 Å². The van der Waals surface area contributed by atoms with Gasteiger partial charge in [0.1, 0.15) is 0 Å². The van der Waals surface area contributed by atoms with Crippen LogP contribution in [0.25, 0.3) is 0 Å². The number of amides is 3. The Kier molecular flexibility index (Phi) is 6.03. The Labute approximate surface area is 86.8 Å². The number of carbonyl (C=O) groups is 3. The molecule has 0 aromatic carbocycles. The number of ether oxygens (including phenoxy) is 1. The van der Waals surface area contributed by atoms with Crippen molar-refractivity contribution >= 4 is 17.9 Å². The molecule has 0 aliphatic carbocycles. The van der Waals surface area contributed by atoms with Gasteiger partial charge in [-0.2, -0.15) is 0 Å². The van der Waals surface area contributed by atoms with Gasteiger partial charge in [0.05, 0.1) is 13.0 Å². The largest absolute Gasteiger partial charge is 0.479 e. The molecule has 0 saturated carbocycles. The van der Waals surface area contributed by atoms with Gasteiger partial charge in [-0.25, -0.2) is 9.59 Å². The van der Waals surface area contributed by atoms with E-state index in [1.807, 2.05) is 5.32 Å². The smallest absolute Gasteiger partial charge is 0.332 e. The minimum absolute atomic E-state index is 0.0453. The molecule has 0 saturated heterocycles. The lowest BCUT2D eigenvalue weighted by atomic mass is 10.4. The average molecular weight is 218 g/mol. The van der Waals surface area contributed by atoms with Crippen molar-refractivity contribution in [1.82, 2.24) is 10.6 Å². The zero-order valence-corrected chi connectivity index (χ0v) is 8.57. The van der Waals surface area contributed by atoms with Gasteiger partial charge in [0.15, 0.2) is 6.10 Å². The van der Waals surface area contributed by atoms with Gasteiger partial charge in [0, 0.05) is 7.05 Å². The fraction of sp³-hybridized carbons (Fsp3) is 0.625. The number of nitrogens with one attached hydrogen (secondary N) is 2. The second kappa shape index (κ2) is 6.77. The van der Waals surface area contributed by atoms with Crippen LogP contribution in [0.5, 0.6) is 0 Å². The maximum atomic E-state index is 11.0. The molecule has 0 rings (SSSR count). The molecule has 3 amide bonds. The van der Waals surface area contributed by atoms with Crippen LogP contribution in [0.1, 0.15) is 13.3 Å². The Balaban J connectivity index is 3.64. The summed E-state index contributed by atoms with van der Waals surface area (Å²) in [4.78, 5) is 31.9. The third kappa shape index (κ3) is 6.44. The van der Waals surface area contributed by atoms with E-state index in [0.717, 1.165) is 0 Å². The van der Waals surface area contributed by atoms with E-state index in [4.69, 9.17) is 9.84 Å². The van der Waals surface area contributed by atoms with Crippen LogP contribution in [0.4, 0.5) is 4.79 Å². The third-order valence-electron chi connectivity index (χ3n) is 1.52. The number of rotatable bonds is 5. The molecule has 0 spiro atoms. The number of carboxylic acid groups (broad SMARTS) is 1. The molecule has 1 unspecified atom stereocenters. The van der Waals surface area contributed by atoms with E-state index in [0.29, 0.717) is 0 Å². The summed E-state index contributed by atoms with van der Waals surface area (Å²) < 4.78 is 4.80. The number of hydrogen-bond acceptors (Lipinski definition) is 4. The predicted molar refractivity (Wildman–Crippen MR) is 50.3 cm³/mol. The van der Waals surface area contributed by atoms with E-state index in [-0.39, 0.29) is 13.0 Å². The summed E-state index contributed by atoms with van der Waals surface area (Å²) in [5.41, 5.74) is 0. The SMILES string of the molecule is CNC(=O)NC(=O)CCOC(C)C(=O)O. The van der Waals surface area contributed by atoms with Crippen LogP contribution < -0.4 is 10.6 Å². The first kappa shape index (κ1) is 13.4. The lowest BCUT2D eigenvalue weighted by Gasteiger charge is -2.07. The van der Waals surface area contributed by atoms with Gasteiger partial charge in [0.2, 0.25) is 5.91 Å². The highest BCUT2D eigenvalue weighted by Gasteiger charge is 2.12. The molecule has 0 aromatic heterocycles. The van der Waals surface area contributed by atoms with Gasteiger partial charge >= 0.3 is 12.0 Å². The van der Waals surface area contributed by atoms with Crippen LogP contribution in [-0.2, 0) is 14.3 Å². The van der Waals surface area contributed by atoms with Gasteiger partial charge in [0.25, 0.3) is 0 Å². The molecule has 0 bridgehead atoms. The molecular formula is C8H14N2O5. The summed E-state index contributed by atoms with van der Waals surface area (Å²) in [6, 6.07) is -0.605. The van der Waals surface area contributed by atoms with Gasteiger partial charge in [-0.1, -0.05) is 0 Å². The molecule has 0 aliphatic heterocycles. The minimum Gasteiger partial charge on any atom is -0.479 e. The van der Waals surface area contributed by atoms with Gasteiger partial charge in [-0.3, -0.25) is 10.1 Å². The number of aliphatic carboxylic acids is 1. The zero-order valence-electron chi connectivity index (χ0n) is 8.57. The minimum atomic E-state index is -1.10. The molecule has 0 radical (unpaired) electrons. The highest BCUT2D eigenvalue weighted by molar-refractivity contribution is 5.94. The molecule has 86 valence electrons. The summed E-state index contributed by atoms with van der Waals surface area (Å²) >= 11 is 0. The van der Waals surface area contributed by atoms with E-state index < -0.39 is 24.0 Å². The molecule has 0 fully saturated rings. The molecular weight excluding hydrogens is 204 g/mol. The first-order chi connectivity index (χ1) is 6.97. The standard InChI is InChI=1S/C8H14N2O5/c1-5(7(12)13)15-4-3-6(11)10-8(14)9-2/h5H,3-4H2,1-2H3,(H,12,13)(H2,9,10,11,14). The lowest BCUT2D eigenvalue weighted by Crippen LogP contribution is -2.38. The number of hydrogen-bond donors (Lipinski definition) is 3. The molecule has 15 heavy (non-hydrogen) atoms. The Morgan fingerprint density at radius 2 is 2.00 bits per heavy atom. The summed E-state index contributed by atoms with van der Waals surface area (Å²) in [6.45, 7) is 1.31. The second-order valence-corrected chi connectivity index (χ2v) is 2.73. The summed E-state index contributed by atoms with van der Waals surface area (Å²) in [5.74, 6) is -1.62. The second-order valence-electron chi connectivity index (χ2n) is 2.73. The van der Waals surface area contributed by atoms with Gasteiger partial charge < -0.3 is 15.2 Å². The summed E-state index contributed by atoms with van der Waals surface area (Å²) in [5, 5.41) is 12.7. The molecule has 0 heterocycles. The maximum Gasteiger partial charge on any atom is 0.332 e. The summed E-state index contributed by atoms with van der Waals surface area (Å²) in [6.07, 6.45) is -1.02. The Morgan fingerprint density at radius 1 is 1.40 bits per heavy atom. The zero-order chi connectivity index (χ0) is 11.8. The molecule has 1 atom stereocenters. The normalized spacial score (nSPS) is 11.6. The lowest BCUT2D eigenvalue weighted by molar-refractivity contribution is -0.149. The third-order valence-corrected chi connectivity index (χ3v) is 1.52. The van der Waals surface area contributed by atoms with E-state index >= 15 is 0 Å². The van der Waals surface area contributed by atoms with Crippen molar-refractivity contribution in [3.05, 3.63) is 0 Å². The van der Waals surface area contributed by atoms with Crippen molar-refractivity contribution in [3.8, 4) is 0 Å². The Morgan fingerprint density at radius 3 is 2.47 bits per heavy atom. The highest BCUT2D eigenvalue weighted by Crippen LogP contribution is 1.92. The predicted octanol–water partition coefficient (Wildman–Crippen LogP) is -0.678. The van der Waals surface area contributed by atoms with Crippen molar-refractivity contribution in [2.24, 2.45) is 0 Å². The topological polar surface area (TPSA) is 105 Å². The first-order valence-corrected chi connectivity index (χ1v) is 4.33. The van der Waals surface area contributed by atoms with Crippen molar-refractivity contribution in [3.63, 3.8) is 0 Å². The number of carboxylic acids is 1.